The van der Waals surface area contributed by atoms with Crippen molar-refractivity contribution in [2.75, 3.05) is 7.05 Å². The normalized spacial score (nSPS) is 21.5. The zero-order valence-corrected chi connectivity index (χ0v) is 18.1. The van der Waals surface area contributed by atoms with Crippen molar-refractivity contribution in [1.29, 1.82) is 0 Å². The van der Waals surface area contributed by atoms with E-state index < -0.39 is 5.54 Å². The summed E-state index contributed by atoms with van der Waals surface area (Å²) < 4.78 is 1.49. The SMILES string of the molecule is CN1C(=O)c2cc(C(=O)NCc3ccccc3)nn2C[C@@]1(C)C(=O)NC1CCCCC1. The number of nitrogens with zero attached hydrogens (tertiary/aromatic N) is 3. The van der Waals surface area contributed by atoms with Gasteiger partial charge in [0.05, 0.1) is 6.54 Å². The molecule has 1 atom stereocenters. The van der Waals surface area contributed by atoms with Crippen molar-refractivity contribution in [3.8, 4) is 0 Å². The molecule has 1 aliphatic carbocycles. The number of hydrogen-bond acceptors (Lipinski definition) is 4. The fourth-order valence-corrected chi connectivity index (χ4v) is 4.29. The Morgan fingerprint density at radius 3 is 2.58 bits per heavy atom. The summed E-state index contributed by atoms with van der Waals surface area (Å²) in [6, 6.07) is 11.2. The van der Waals surface area contributed by atoms with E-state index in [1.54, 1.807) is 14.0 Å². The molecular formula is C23H29N5O3. The minimum absolute atomic E-state index is 0.153. The summed E-state index contributed by atoms with van der Waals surface area (Å²) in [5, 5.41) is 10.3. The summed E-state index contributed by atoms with van der Waals surface area (Å²) >= 11 is 0. The fourth-order valence-electron chi connectivity index (χ4n) is 4.29. The van der Waals surface area contributed by atoms with Crippen LogP contribution < -0.4 is 10.6 Å². The second-order valence-electron chi connectivity index (χ2n) is 8.69. The molecule has 1 aromatic heterocycles. The first-order valence-corrected chi connectivity index (χ1v) is 10.9. The molecule has 2 heterocycles. The third kappa shape index (κ3) is 4.19. The molecule has 8 heteroatoms. The van der Waals surface area contributed by atoms with E-state index in [1.165, 1.54) is 22.1 Å². The molecular weight excluding hydrogens is 394 g/mol. The van der Waals surface area contributed by atoms with Gasteiger partial charge in [-0.25, -0.2) is 0 Å². The number of aromatic nitrogens is 2. The van der Waals surface area contributed by atoms with Crippen molar-refractivity contribution in [2.45, 2.75) is 63.7 Å². The van der Waals surface area contributed by atoms with Crippen LogP contribution in [0.25, 0.3) is 0 Å². The largest absolute Gasteiger partial charge is 0.351 e. The topological polar surface area (TPSA) is 96.3 Å². The molecule has 1 aliphatic heterocycles. The Bertz CT molecular complexity index is 980. The minimum atomic E-state index is -1.06. The first-order valence-electron chi connectivity index (χ1n) is 10.9. The monoisotopic (exact) mass is 423 g/mol. The van der Waals surface area contributed by atoms with Crippen LogP contribution in [0.1, 0.15) is 65.6 Å². The molecule has 31 heavy (non-hydrogen) atoms. The smallest absolute Gasteiger partial charge is 0.272 e. The molecule has 1 saturated carbocycles. The van der Waals surface area contributed by atoms with Crippen molar-refractivity contribution in [3.05, 3.63) is 53.3 Å². The maximum Gasteiger partial charge on any atom is 0.272 e. The van der Waals surface area contributed by atoms with Crippen LogP contribution in [0.2, 0.25) is 0 Å². The summed E-state index contributed by atoms with van der Waals surface area (Å²) in [4.78, 5) is 40.2. The lowest BCUT2D eigenvalue weighted by Gasteiger charge is -2.41. The van der Waals surface area contributed by atoms with E-state index in [0.717, 1.165) is 31.2 Å². The van der Waals surface area contributed by atoms with E-state index in [0.29, 0.717) is 12.2 Å². The molecule has 1 aromatic carbocycles. The maximum atomic E-state index is 13.1. The standard InChI is InChI=1S/C23H29N5O3/c1-23(22(31)25-17-11-7-4-8-12-17)15-28-19(21(30)27(23)2)13-18(26-28)20(29)24-14-16-9-5-3-6-10-16/h3,5-6,9-10,13,17H,4,7-8,11-12,14-15H2,1-2H3,(H,24,29)(H,25,31)/t23-/m0/s1. The average Bonchev–Trinajstić information content (AvgIpc) is 3.21. The van der Waals surface area contributed by atoms with Crippen molar-refractivity contribution >= 4 is 17.7 Å². The van der Waals surface area contributed by atoms with Gasteiger partial charge in [-0.3, -0.25) is 19.1 Å². The quantitative estimate of drug-likeness (QED) is 0.770. The zero-order chi connectivity index (χ0) is 22.0. The number of rotatable bonds is 5. The third-order valence-corrected chi connectivity index (χ3v) is 6.46. The van der Waals surface area contributed by atoms with E-state index in [1.807, 2.05) is 30.3 Å². The Balaban J connectivity index is 1.48. The summed E-state index contributed by atoms with van der Waals surface area (Å²) in [6.07, 6.45) is 5.37. The van der Waals surface area contributed by atoms with Gasteiger partial charge in [0.25, 0.3) is 11.8 Å². The van der Waals surface area contributed by atoms with Gasteiger partial charge in [0.2, 0.25) is 5.91 Å². The van der Waals surface area contributed by atoms with Crippen LogP contribution in [0.5, 0.6) is 0 Å². The molecule has 2 aliphatic rings. The molecule has 4 rings (SSSR count). The second-order valence-corrected chi connectivity index (χ2v) is 8.69. The Kier molecular flexibility index (Phi) is 5.80. The van der Waals surface area contributed by atoms with Crippen LogP contribution in [-0.2, 0) is 17.9 Å². The number of amides is 3. The van der Waals surface area contributed by atoms with Crippen LogP contribution in [-0.4, -0.2) is 51.0 Å². The lowest BCUT2D eigenvalue weighted by molar-refractivity contribution is -0.133. The summed E-state index contributed by atoms with van der Waals surface area (Å²) in [7, 11) is 1.63. The van der Waals surface area contributed by atoms with Gasteiger partial charge in [0, 0.05) is 25.7 Å². The van der Waals surface area contributed by atoms with Crippen molar-refractivity contribution in [3.63, 3.8) is 0 Å². The number of carbonyl (C=O) groups is 3. The lowest BCUT2D eigenvalue weighted by atomic mass is 9.92. The molecule has 0 saturated heterocycles. The second kappa shape index (κ2) is 8.53. The van der Waals surface area contributed by atoms with E-state index in [-0.39, 0.29) is 36.0 Å². The van der Waals surface area contributed by atoms with Gasteiger partial charge in [0.1, 0.15) is 11.2 Å². The minimum Gasteiger partial charge on any atom is -0.351 e. The molecule has 1 fully saturated rings. The molecule has 0 radical (unpaired) electrons. The third-order valence-electron chi connectivity index (χ3n) is 6.46. The Hall–Kier alpha value is -3.16. The zero-order valence-electron chi connectivity index (χ0n) is 18.1. The number of nitrogens with one attached hydrogen (secondary N) is 2. The van der Waals surface area contributed by atoms with Gasteiger partial charge in [0.15, 0.2) is 5.69 Å². The molecule has 2 N–H and O–H groups in total. The van der Waals surface area contributed by atoms with Crippen LogP contribution >= 0.6 is 0 Å². The predicted molar refractivity (Wildman–Crippen MR) is 115 cm³/mol. The highest BCUT2D eigenvalue weighted by atomic mass is 16.2. The van der Waals surface area contributed by atoms with Gasteiger partial charge in [-0.05, 0) is 25.3 Å². The number of carbonyl (C=O) groups excluding carboxylic acids is 3. The molecule has 0 bridgehead atoms. The fraction of sp³-hybridized carbons (Fsp3) is 0.478. The molecule has 0 spiro atoms. The van der Waals surface area contributed by atoms with Gasteiger partial charge in [-0.1, -0.05) is 49.6 Å². The Morgan fingerprint density at radius 1 is 1.16 bits per heavy atom. The van der Waals surface area contributed by atoms with Crippen molar-refractivity contribution < 1.29 is 14.4 Å². The van der Waals surface area contributed by atoms with E-state index in [9.17, 15) is 14.4 Å². The molecule has 164 valence electrons. The Morgan fingerprint density at radius 2 is 1.87 bits per heavy atom. The Labute approximate surface area is 182 Å². The average molecular weight is 424 g/mol. The number of likely N-dealkylation sites (N-methyl/N-ethyl adjacent to an activating group) is 1. The van der Waals surface area contributed by atoms with Gasteiger partial charge < -0.3 is 15.5 Å². The van der Waals surface area contributed by atoms with E-state index in [2.05, 4.69) is 15.7 Å². The number of benzene rings is 1. The summed E-state index contributed by atoms with van der Waals surface area (Å²) in [6.45, 7) is 2.33. The molecule has 2 aromatic rings. The molecule has 8 nitrogen and oxygen atoms in total. The number of fused-ring (bicyclic) bond motifs is 1. The van der Waals surface area contributed by atoms with E-state index >= 15 is 0 Å². The van der Waals surface area contributed by atoms with Crippen LogP contribution in [0.15, 0.2) is 36.4 Å². The van der Waals surface area contributed by atoms with Crippen molar-refractivity contribution in [2.24, 2.45) is 0 Å². The number of hydrogen-bond donors (Lipinski definition) is 2. The van der Waals surface area contributed by atoms with E-state index in [4.69, 9.17) is 0 Å². The highest BCUT2D eigenvalue weighted by Crippen LogP contribution is 2.27. The highest BCUT2D eigenvalue weighted by Gasteiger charge is 2.46. The highest BCUT2D eigenvalue weighted by molar-refractivity contribution is 6.01. The molecule has 3 amide bonds. The van der Waals surface area contributed by atoms with Crippen LogP contribution in [0.4, 0.5) is 0 Å². The lowest BCUT2D eigenvalue weighted by Crippen LogP contribution is -2.63. The van der Waals surface area contributed by atoms with Crippen LogP contribution in [0, 0.1) is 0 Å². The van der Waals surface area contributed by atoms with Gasteiger partial charge in [-0.15, -0.1) is 0 Å². The van der Waals surface area contributed by atoms with Gasteiger partial charge >= 0.3 is 0 Å². The first kappa shape index (κ1) is 21.1. The first-order chi connectivity index (χ1) is 14.9. The molecule has 0 unspecified atom stereocenters. The van der Waals surface area contributed by atoms with Crippen molar-refractivity contribution in [1.82, 2.24) is 25.3 Å². The predicted octanol–water partition coefficient (Wildman–Crippen LogP) is 2.11. The summed E-state index contributed by atoms with van der Waals surface area (Å²) in [5.41, 5.74) is 0.397. The van der Waals surface area contributed by atoms with Gasteiger partial charge in [-0.2, -0.15) is 5.10 Å². The summed E-state index contributed by atoms with van der Waals surface area (Å²) in [5.74, 6) is -0.844. The maximum absolute atomic E-state index is 13.1. The van der Waals surface area contributed by atoms with Crippen LogP contribution in [0.3, 0.4) is 0 Å².